The van der Waals surface area contributed by atoms with E-state index in [2.05, 4.69) is 5.32 Å². The van der Waals surface area contributed by atoms with Gasteiger partial charge in [0, 0.05) is 18.7 Å². The van der Waals surface area contributed by atoms with Crippen LogP contribution < -0.4 is 24.4 Å². The standard InChI is InChI=1S/C28H29FN2O5/c1-34-22-11-9-21(10-12-22)31-26(32)15-13-23(28(33)30-17-18-4-7-20(29)8-5-18)27(31)19-6-14-24(35-2)25(16-19)36-3/h4-12,14,16,23,27H,13,15,17H2,1-3H3,(H,30,33)/t23-,27-/m0/s1. The maximum absolute atomic E-state index is 13.5. The summed E-state index contributed by atoms with van der Waals surface area (Å²) in [6, 6.07) is 18.0. The maximum atomic E-state index is 13.5. The van der Waals surface area contributed by atoms with E-state index < -0.39 is 12.0 Å². The third-order valence-corrected chi connectivity index (χ3v) is 6.41. The number of carbonyl (C=O) groups is 2. The highest BCUT2D eigenvalue weighted by molar-refractivity contribution is 5.97. The van der Waals surface area contributed by atoms with Crippen LogP contribution in [-0.2, 0) is 16.1 Å². The molecule has 1 saturated heterocycles. The molecule has 0 aromatic heterocycles. The van der Waals surface area contributed by atoms with Gasteiger partial charge in [-0.3, -0.25) is 9.59 Å². The molecule has 188 valence electrons. The van der Waals surface area contributed by atoms with Crippen LogP contribution in [0.1, 0.15) is 30.0 Å². The van der Waals surface area contributed by atoms with Crippen molar-refractivity contribution in [1.82, 2.24) is 5.32 Å². The average molecular weight is 493 g/mol. The van der Waals surface area contributed by atoms with Gasteiger partial charge in [-0.25, -0.2) is 4.39 Å². The van der Waals surface area contributed by atoms with Crippen molar-refractivity contribution in [2.75, 3.05) is 26.2 Å². The highest BCUT2D eigenvalue weighted by Gasteiger charge is 2.41. The lowest BCUT2D eigenvalue weighted by Crippen LogP contribution is -2.48. The molecule has 3 aromatic carbocycles. The molecule has 1 aliphatic rings. The number of rotatable bonds is 8. The molecule has 7 nitrogen and oxygen atoms in total. The first-order valence-electron chi connectivity index (χ1n) is 11.7. The molecule has 8 heteroatoms. The Bertz CT molecular complexity index is 1210. The van der Waals surface area contributed by atoms with Crippen LogP contribution in [0.2, 0.25) is 0 Å². The van der Waals surface area contributed by atoms with E-state index in [1.165, 1.54) is 12.1 Å². The van der Waals surface area contributed by atoms with Gasteiger partial charge in [-0.1, -0.05) is 18.2 Å². The molecule has 0 aliphatic carbocycles. The van der Waals surface area contributed by atoms with E-state index in [1.807, 2.05) is 18.2 Å². The molecule has 2 atom stereocenters. The Morgan fingerprint density at radius 1 is 0.944 bits per heavy atom. The van der Waals surface area contributed by atoms with E-state index in [9.17, 15) is 14.0 Å². The van der Waals surface area contributed by atoms with Crippen molar-refractivity contribution >= 4 is 17.5 Å². The number of methoxy groups -OCH3 is 3. The van der Waals surface area contributed by atoms with Crippen molar-refractivity contribution in [1.29, 1.82) is 0 Å². The summed E-state index contributed by atoms with van der Waals surface area (Å²) in [6.07, 6.45) is 0.615. The van der Waals surface area contributed by atoms with Gasteiger partial charge in [0.15, 0.2) is 11.5 Å². The van der Waals surface area contributed by atoms with Crippen molar-refractivity contribution in [2.24, 2.45) is 5.92 Å². The van der Waals surface area contributed by atoms with E-state index in [-0.39, 0.29) is 30.6 Å². The molecule has 3 aromatic rings. The molecule has 0 spiro atoms. The number of nitrogens with zero attached hydrogens (tertiary/aromatic N) is 1. The minimum absolute atomic E-state index is 0.0810. The molecular weight excluding hydrogens is 463 g/mol. The molecule has 0 radical (unpaired) electrons. The number of carbonyl (C=O) groups excluding carboxylic acids is 2. The Morgan fingerprint density at radius 2 is 1.64 bits per heavy atom. The molecule has 0 unspecified atom stereocenters. The average Bonchev–Trinajstić information content (AvgIpc) is 2.92. The summed E-state index contributed by atoms with van der Waals surface area (Å²) in [5.41, 5.74) is 2.20. The van der Waals surface area contributed by atoms with Crippen LogP contribution >= 0.6 is 0 Å². The van der Waals surface area contributed by atoms with Crippen molar-refractivity contribution in [2.45, 2.75) is 25.4 Å². The zero-order chi connectivity index (χ0) is 25.7. The largest absolute Gasteiger partial charge is 0.497 e. The maximum Gasteiger partial charge on any atom is 0.227 e. The van der Waals surface area contributed by atoms with Crippen molar-refractivity contribution < 1.29 is 28.2 Å². The number of halogens is 1. The minimum atomic E-state index is -0.576. The van der Waals surface area contributed by atoms with Gasteiger partial charge in [-0.2, -0.15) is 0 Å². The predicted molar refractivity (Wildman–Crippen MR) is 134 cm³/mol. The number of anilines is 1. The van der Waals surface area contributed by atoms with Crippen LogP contribution in [0.4, 0.5) is 10.1 Å². The summed E-state index contributed by atoms with van der Waals surface area (Å²) in [6.45, 7) is 0.255. The Morgan fingerprint density at radius 3 is 2.28 bits per heavy atom. The summed E-state index contributed by atoms with van der Waals surface area (Å²) in [7, 11) is 4.67. The van der Waals surface area contributed by atoms with E-state index in [4.69, 9.17) is 14.2 Å². The van der Waals surface area contributed by atoms with Crippen LogP contribution in [0.5, 0.6) is 17.2 Å². The fraction of sp³-hybridized carbons (Fsp3) is 0.286. The molecule has 1 heterocycles. The summed E-state index contributed by atoms with van der Waals surface area (Å²) >= 11 is 0. The van der Waals surface area contributed by atoms with E-state index in [0.717, 1.165) is 11.1 Å². The Kier molecular flexibility index (Phi) is 7.73. The third-order valence-electron chi connectivity index (χ3n) is 6.41. The smallest absolute Gasteiger partial charge is 0.227 e. The van der Waals surface area contributed by atoms with Crippen LogP contribution in [0.25, 0.3) is 0 Å². The summed E-state index contributed by atoms with van der Waals surface area (Å²) < 4.78 is 29.4. The summed E-state index contributed by atoms with van der Waals surface area (Å²) in [4.78, 5) is 28.4. The molecule has 36 heavy (non-hydrogen) atoms. The molecule has 0 saturated carbocycles. The number of hydrogen-bond acceptors (Lipinski definition) is 5. The Hall–Kier alpha value is -4.07. The first-order valence-corrected chi connectivity index (χ1v) is 11.7. The fourth-order valence-electron chi connectivity index (χ4n) is 4.55. The number of hydrogen-bond donors (Lipinski definition) is 1. The Labute approximate surface area is 209 Å². The highest BCUT2D eigenvalue weighted by Crippen LogP contribution is 2.42. The lowest BCUT2D eigenvalue weighted by atomic mass is 9.83. The number of amides is 2. The van der Waals surface area contributed by atoms with Crippen LogP contribution in [0.3, 0.4) is 0 Å². The second-order valence-corrected chi connectivity index (χ2v) is 8.51. The van der Waals surface area contributed by atoms with Gasteiger partial charge in [0.25, 0.3) is 0 Å². The zero-order valence-electron chi connectivity index (χ0n) is 20.5. The molecule has 1 aliphatic heterocycles. The van der Waals surface area contributed by atoms with Gasteiger partial charge >= 0.3 is 0 Å². The van der Waals surface area contributed by atoms with Crippen molar-refractivity contribution in [3.05, 3.63) is 83.7 Å². The number of nitrogens with one attached hydrogen (secondary N) is 1. The molecule has 1 fully saturated rings. The molecule has 1 N–H and O–H groups in total. The Balaban J connectivity index is 1.71. The van der Waals surface area contributed by atoms with E-state index in [1.54, 1.807) is 62.6 Å². The minimum Gasteiger partial charge on any atom is -0.497 e. The lowest BCUT2D eigenvalue weighted by Gasteiger charge is -2.41. The van der Waals surface area contributed by atoms with E-state index in [0.29, 0.717) is 29.4 Å². The van der Waals surface area contributed by atoms with Gasteiger partial charge in [0.2, 0.25) is 11.8 Å². The van der Waals surface area contributed by atoms with Crippen LogP contribution in [0, 0.1) is 11.7 Å². The first-order chi connectivity index (χ1) is 17.4. The normalized spacial score (nSPS) is 17.4. The van der Waals surface area contributed by atoms with Gasteiger partial charge in [0.1, 0.15) is 11.6 Å². The van der Waals surface area contributed by atoms with Crippen molar-refractivity contribution in [3.8, 4) is 17.2 Å². The molecule has 4 rings (SSSR count). The summed E-state index contributed by atoms with van der Waals surface area (Å²) in [5, 5.41) is 2.97. The van der Waals surface area contributed by atoms with Crippen LogP contribution in [-0.4, -0.2) is 33.1 Å². The van der Waals surface area contributed by atoms with Gasteiger partial charge in [-0.05, 0) is 66.1 Å². The predicted octanol–water partition coefficient (Wildman–Crippen LogP) is 4.65. The second kappa shape index (κ2) is 11.1. The summed E-state index contributed by atoms with van der Waals surface area (Å²) in [5.74, 6) is 0.597. The van der Waals surface area contributed by atoms with Gasteiger partial charge in [-0.15, -0.1) is 0 Å². The molecule has 2 amide bonds. The number of benzene rings is 3. The van der Waals surface area contributed by atoms with E-state index >= 15 is 0 Å². The highest BCUT2D eigenvalue weighted by atomic mass is 19.1. The monoisotopic (exact) mass is 492 g/mol. The zero-order valence-corrected chi connectivity index (χ0v) is 20.5. The third kappa shape index (κ3) is 5.27. The van der Waals surface area contributed by atoms with Crippen LogP contribution in [0.15, 0.2) is 66.7 Å². The SMILES string of the molecule is COc1ccc(N2C(=O)CC[C@H](C(=O)NCc3ccc(F)cc3)[C@@H]2c2ccc(OC)c(OC)c2)cc1. The molecular formula is C28H29FN2O5. The number of ether oxygens (including phenoxy) is 3. The van der Waals surface area contributed by atoms with Gasteiger partial charge < -0.3 is 24.4 Å². The lowest BCUT2D eigenvalue weighted by molar-refractivity contribution is -0.129. The molecule has 0 bridgehead atoms. The van der Waals surface area contributed by atoms with Crippen molar-refractivity contribution in [3.63, 3.8) is 0 Å². The second-order valence-electron chi connectivity index (χ2n) is 8.51. The number of piperidine rings is 1. The first kappa shape index (κ1) is 25.0. The fourth-order valence-corrected chi connectivity index (χ4v) is 4.55. The topological polar surface area (TPSA) is 77.1 Å². The van der Waals surface area contributed by atoms with Gasteiger partial charge in [0.05, 0.1) is 33.3 Å². The quantitative estimate of drug-likeness (QED) is 0.495.